The Bertz CT molecular complexity index is 495. The van der Waals surface area contributed by atoms with Crippen molar-refractivity contribution in [3.63, 3.8) is 0 Å². The average molecular weight is 214 g/mol. The van der Waals surface area contributed by atoms with Gasteiger partial charge in [-0.2, -0.15) is 0 Å². The van der Waals surface area contributed by atoms with E-state index in [1.54, 1.807) is 19.1 Å². The van der Waals surface area contributed by atoms with Gasteiger partial charge in [-0.05, 0) is 18.6 Å². The molecule has 80 valence electrons. The SMILES string of the molecule is CC1=C(C=Cc2ccccc2)C(=O)OC1=O. The second-order valence-electron chi connectivity index (χ2n) is 3.46. The molecule has 3 heteroatoms. The Morgan fingerprint density at radius 3 is 2.25 bits per heavy atom. The Labute approximate surface area is 93.0 Å². The van der Waals surface area contributed by atoms with Crippen molar-refractivity contribution < 1.29 is 14.3 Å². The summed E-state index contributed by atoms with van der Waals surface area (Å²) in [5, 5.41) is 0. The minimum Gasteiger partial charge on any atom is -0.386 e. The van der Waals surface area contributed by atoms with Gasteiger partial charge in [0.15, 0.2) is 0 Å². The first-order valence-electron chi connectivity index (χ1n) is 4.89. The summed E-state index contributed by atoms with van der Waals surface area (Å²) in [4.78, 5) is 22.3. The van der Waals surface area contributed by atoms with E-state index < -0.39 is 11.9 Å². The predicted molar refractivity (Wildman–Crippen MR) is 59.3 cm³/mol. The van der Waals surface area contributed by atoms with Crippen molar-refractivity contribution in [1.29, 1.82) is 0 Å². The zero-order chi connectivity index (χ0) is 11.5. The molecule has 0 atom stereocenters. The zero-order valence-corrected chi connectivity index (χ0v) is 8.77. The van der Waals surface area contributed by atoms with Crippen molar-refractivity contribution in [3.05, 3.63) is 53.1 Å². The zero-order valence-electron chi connectivity index (χ0n) is 8.77. The van der Waals surface area contributed by atoms with E-state index >= 15 is 0 Å². The molecule has 0 saturated carbocycles. The molecule has 16 heavy (non-hydrogen) atoms. The summed E-state index contributed by atoms with van der Waals surface area (Å²) in [5.41, 5.74) is 1.65. The number of rotatable bonds is 2. The predicted octanol–water partition coefficient (Wildman–Crippen LogP) is 2.10. The second kappa shape index (κ2) is 4.14. The summed E-state index contributed by atoms with van der Waals surface area (Å²) < 4.78 is 4.47. The normalized spacial score (nSPS) is 16.1. The number of esters is 2. The fourth-order valence-electron chi connectivity index (χ4n) is 1.42. The van der Waals surface area contributed by atoms with Crippen LogP contribution in [0.25, 0.3) is 6.08 Å². The summed E-state index contributed by atoms with van der Waals surface area (Å²) in [6, 6.07) is 9.54. The van der Waals surface area contributed by atoms with E-state index in [1.165, 1.54) is 0 Å². The van der Waals surface area contributed by atoms with Crippen LogP contribution in [0.2, 0.25) is 0 Å². The third-order valence-electron chi connectivity index (χ3n) is 2.36. The molecule has 3 nitrogen and oxygen atoms in total. The topological polar surface area (TPSA) is 43.4 Å². The molecule has 0 saturated heterocycles. The van der Waals surface area contributed by atoms with Gasteiger partial charge in [-0.3, -0.25) is 0 Å². The molecular weight excluding hydrogens is 204 g/mol. The monoisotopic (exact) mass is 214 g/mol. The van der Waals surface area contributed by atoms with Gasteiger partial charge >= 0.3 is 11.9 Å². The Hall–Kier alpha value is -2.16. The van der Waals surface area contributed by atoms with Crippen molar-refractivity contribution in [2.24, 2.45) is 0 Å². The molecule has 0 spiro atoms. The molecule has 2 rings (SSSR count). The van der Waals surface area contributed by atoms with Gasteiger partial charge in [0.25, 0.3) is 0 Å². The lowest BCUT2D eigenvalue weighted by Gasteiger charge is -1.92. The summed E-state index contributed by atoms with van der Waals surface area (Å²) in [6.45, 7) is 1.58. The molecule has 0 unspecified atom stereocenters. The van der Waals surface area contributed by atoms with Gasteiger partial charge in [0.05, 0.1) is 5.57 Å². The number of ether oxygens (including phenoxy) is 1. The summed E-state index contributed by atoms with van der Waals surface area (Å²) in [7, 11) is 0. The fraction of sp³-hybridized carbons (Fsp3) is 0.0769. The molecule has 0 bridgehead atoms. The molecule has 0 N–H and O–H groups in total. The first kappa shape index (κ1) is 10.4. The minimum atomic E-state index is -0.574. The molecule has 0 radical (unpaired) electrons. The Balaban J connectivity index is 2.26. The third kappa shape index (κ3) is 1.93. The second-order valence-corrected chi connectivity index (χ2v) is 3.46. The molecule has 1 aliphatic rings. The Morgan fingerprint density at radius 1 is 1.00 bits per heavy atom. The van der Waals surface area contributed by atoms with Crippen molar-refractivity contribution >= 4 is 18.0 Å². The molecule has 1 aromatic carbocycles. The number of carbonyl (C=O) groups is 2. The Morgan fingerprint density at radius 2 is 1.69 bits per heavy atom. The number of cyclic esters (lactones) is 2. The van der Waals surface area contributed by atoms with Crippen LogP contribution in [0.5, 0.6) is 0 Å². The molecule has 1 aromatic rings. The highest BCUT2D eigenvalue weighted by atomic mass is 16.6. The summed E-state index contributed by atoms with van der Waals surface area (Å²) in [6.07, 6.45) is 3.39. The highest BCUT2D eigenvalue weighted by Crippen LogP contribution is 2.18. The van der Waals surface area contributed by atoms with E-state index in [9.17, 15) is 9.59 Å². The molecular formula is C13H10O3. The van der Waals surface area contributed by atoms with E-state index in [1.807, 2.05) is 30.3 Å². The highest BCUT2D eigenvalue weighted by molar-refractivity contribution is 6.14. The van der Waals surface area contributed by atoms with E-state index in [2.05, 4.69) is 4.74 Å². The lowest BCUT2D eigenvalue weighted by Crippen LogP contribution is -2.00. The highest BCUT2D eigenvalue weighted by Gasteiger charge is 2.27. The first-order chi connectivity index (χ1) is 7.68. The Kier molecular flexibility index (Phi) is 2.68. The van der Waals surface area contributed by atoms with Crippen LogP contribution in [-0.4, -0.2) is 11.9 Å². The van der Waals surface area contributed by atoms with Crippen LogP contribution >= 0.6 is 0 Å². The number of benzene rings is 1. The number of hydrogen-bond acceptors (Lipinski definition) is 3. The average Bonchev–Trinajstić information content (AvgIpc) is 2.53. The van der Waals surface area contributed by atoms with Gasteiger partial charge < -0.3 is 4.74 Å². The lowest BCUT2D eigenvalue weighted by molar-refractivity contribution is -0.150. The maximum absolute atomic E-state index is 11.3. The molecule has 0 fully saturated rings. The summed E-state index contributed by atoms with van der Waals surface area (Å²) in [5.74, 6) is -1.13. The molecule has 0 amide bonds. The van der Waals surface area contributed by atoms with Gasteiger partial charge in [0.1, 0.15) is 0 Å². The van der Waals surface area contributed by atoms with Crippen LogP contribution in [0.4, 0.5) is 0 Å². The smallest absolute Gasteiger partial charge is 0.346 e. The largest absolute Gasteiger partial charge is 0.386 e. The van der Waals surface area contributed by atoms with Crippen LogP contribution in [0, 0.1) is 0 Å². The van der Waals surface area contributed by atoms with Crippen molar-refractivity contribution in [1.82, 2.24) is 0 Å². The number of carbonyl (C=O) groups excluding carboxylic acids is 2. The molecule has 0 aromatic heterocycles. The lowest BCUT2D eigenvalue weighted by atomic mass is 10.1. The first-order valence-corrected chi connectivity index (χ1v) is 4.89. The van der Waals surface area contributed by atoms with Gasteiger partial charge in [-0.1, -0.05) is 36.4 Å². The van der Waals surface area contributed by atoms with E-state index in [4.69, 9.17) is 0 Å². The quantitative estimate of drug-likeness (QED) is 0.559. The fourth-order valence-corrected chi connectivity index (χ4v) is 1.42. The molecule has 1 heterocycles. The van der Waals surface area contributed by atoms with Crippen LogP contribution in [0.3, 0.4) is 0 Å². The maximum atomic E-state index is 11.3. The van der Waals surface area contributed by atoms with Crippen molar-refractivity contribution in [3.8, 4) is 0 Å². The van der Waals surface area contributed by atoms with Gasteiger partial charge in [-0.15, -0.1) is 0 Å². The van der Waals surface area contributed by atoms with E-state index in [0.717, 1.165) is 5.56 Å². The van der Waals surface area contributed by atoms with E-state index in [0.29, 0.717) is 11.1 Å². The van der Waals surface area contributed by atoms with Crippen LogP contribution < -0.4 is 0 Å². The molecule has 1 aliphatic heterocycles. The minimum absolute atomic E-state index is 0.328. The van der Waals surface area contributed by atoms with Crippen LogP contribution in [0.15, 0.2) is 47.6 Å². The van der Waals surface area contributed by atoms with Gasteiger partial charge in [-0.25, -0.2) is 9.59 Å². The van der Waals surface area contributed by atoms with Gasteiger partial charge in [0.2, 0.25) is 0 Å². The molecule has 0 aliphatic carbocycles. The third-order valence-corrected chi connectivity index (χ3v) is 2.36. The van der Waals surface area contributed by atoms with Crippen molar-refractivity contribution in [2.45, 2.75) is 6.92 Å². The van der Waals surface area contributed by atoms with Gasteiger partial charge in [0, 0.05) is 5.57 Å². The van der Waals surface area contributed by atoms with Crippen molar-refractivity contribution in [2.75, 3.05) is 0 Å². The summed E-state index contributed by atoms with van der Waals surface area (Å²) >= 11 is 0. The standard InChI is InChI=1S/C13H10O3/c1-9-11(13(15)16-12(9)14)8-7-10-5-3-2-4-6-10/h2-8H,1H3. The maximum Gasteiger partial charge on any atom is 0.346 e. The van der Waals surface area contributed by atoms with E-state index in [-0.39, 0.29) is 0 Å². The number of hydrogen-bond donors (Lipinski definition) is 0. The van der Waals surface area contributed by atoms with Crippen LogP contribution in [0.1, 0.15) is 12.5 Å². The van der Waals surface area contributed by atoms with Crippen LogP contribution in [-0.2, 0) is 14.3 Å².